The molecular formula is C17H12ClNO2. The van der Waals surface area contributed by atoms with Crippen molar-refractivity contribution in [2.24, 2.45) is 0 Å². The Morgan fingerprint density at radius 1 is 1.05 bits per heavy atom. The van der Waals surface area contributed by atoms with E-state index in [1.54, 1.807) is 24.3 Å². The molecule has 0 N–H and O–H groups in total. The molecule has 0 radical (unpaired) electrons. The van der Waals surface area contributed by atoms with Crippen LogP contribution in [0.3, 0.4) is 0 Å². The SMILES string of the molecule is COc1ccccc1C(=O)c1cc2ccccc2nc1Cl. The van der Waals surface area contributed by atoms with Gasteiger partial charge in [0.2, 0.25) is 0 Å². The smallest absolute Gasteiger partial charge is 0.199 e. The van der Waals surface area contributed by atoms with Gasteiger partial charge in [0.25, 0.3) is 0 Å². The van der Waals surface area contributed by atoms with E-state index in [1.165, 1.54) is 7.11 Å². The molecule has 21 heavy (non-hydrogen) atoms. The second-order valence-electron chi connectivity index (χ2n) is 4.55. The molecule has 0 aliphatic heterocycles. The van der Waals surface area contributed by atoms with Crippen molar-refractivity contribution in [3.8, 4) is 5.75 Å². The lowest BCUT2D eigenvalue weighted by atomic mass is 10.0. The Balaban J connectivity index is 2.15. The van der Waals surface area contributed by atoms with E-state index in [0.717, 1.165) is 10.9 Å². The molecule has 0 amide bonds. The number of pyridine rings is 1. The molecule has 0 spiro atoms. The van der Waals surface area contributed by atoms with Crippen LogP contribution in [0.1, 0.15) is 15.9 Å². The van der Waals surface area contributed by atoms with Crippen LogP contribution in [0.4, 0.5) is 0 Å². The summed E-state index contributed by atoms with van der Waals surface area (Å²) in [5, 5.41) is 1.07. The maximum atomic E-state index is 12.7. The maximum Gasteiger partial charge on any atom is 0.199 e. The first kappa shape index (κ1) is 13.6. The predicted octanol–water partition coefficient (Wildman–Crippen LogP) is 4.13. The number of hydrogen-bond acceptors (Lipinski definition) is 3. The molecule has 4 heteroatoms. The molecule has 0 atom stereocenters. The van der Waals surface area contributed by atoms with Crippen LogP contribution < -0.4 is 4.74 Å². The Morgan fingerprint density at radius 2 is 1.76 bits per heavy atom. The Labute approximate surface area is 127 Å². The number of para-hydroxylation sites is 2. The molecule has 104 valence electrons. The number of halogens is 1. The molecule has 3 nitrogen and oxygen atoms in total. The third kappa shape index (κ3) is 2.48. The fourth-order valence-electron chi connectivity index (χ4n) is 2.23. The molecule has 0 unspecified atom stereocenters. The van der Waals surface area contributed by atoms with E-state index in [0.29, 0.717) is 16.9 Å². The van der Waals surface area contributed by atoms with Crippen molar-refractivity contribution < 1.29 is 9.53 Å². The zero-order chi connectivity index (χ0) is 14.8. The summed E-state index contributed by atoms with van der Waals surface area (Å²) in [6, 6.07) is 16.4. The van der Waals surface area contributed by atoms with Crippen molar-refractivity contribution in [3.05, 3.63) is 70.9 Å². The van der Waals surface area contributed by atoms with Crippen LogP contribution in [-0.2, 0) is 0 Å². The van der Waals surface area contributed by atoms with E-state index >= 15 is 0 Å². The van der Waals surface area contributed by atoms with Gasteiger partial charge in [0, 0.05) is 5.39 Å². The van der Waals surface area contributed by atoms with Gasteiger partial charge in [-0.3, -0.25) is 4.79 Å². The van der Waals surface area contributed by atoms with Crippen molar-refractivity contribution in [2.75, 3.05) is 7.11 Å². The Bertz CT molecular complexity index is 830. The molecule has 1 aromatic heterocycles. The Morgan fingerprint density at radius 3 is 2.57 bits per heavy atom. The highest BCUT2D eigenvalue weighted by atomic mass is 35.5. The topological polar surface area (TPSA) is 39.2 Å². The third-order valence-electron chi connectivity index (χ3n) is 3.27. The Hall–Kier alpha value is -2.39. The predicted molar refractivity (Wildman–Crippen MR) is 83.2 cm³/mol. The lowest BCUT2D eigenvalue weighted by Crippen LogP contribution is -2.05. The molecule has 0 bridgehead atoms. The third-order valence-corrected chi connectivity index (χ3v) is 3.56. The van der Waals surface area contributed by atoms with E-state index in [2.05, 4.69) is 4.98 Å². The average molecular weight is 298 g/mol. The largest absolute Gasteiger partial charge is 0.496 e. The van der Waals surface area contributed by atoms with E-state index in [-0.39, 0.29) is 10.9 Å². The van der Waals surface area contributed by atoms with Gasteiger partial charge in [0.1, 0.15) is 10.9 Å². The summed E-state index contributed by atoms with van der Waals surface area (Å²) in [6.45, 7) is 0. The normalized spacial score (nSPS) is 10.6. The minimum Gasteiger partial charge on any atom is -0.496 e. The molecule has 0 aliphatic rings. The van der Waals surface area contributed by atoms with Gasteiger partial charge in [-0.05, 0) is 24.3 Å². The molecule has 0 saturated heterocycles. The molecule has 0 aliphatic carbocycles. The van der Waals surface area contributed by atoms with Crippen LogP contribution in [0.15, 0.2) is 54.6 Å². The number of ketones is 1. The van der Waals surface area contributed by atoms with Crippen LogP contribution >= 0.6 is 11.6 Å². The van der Waals surface area contributed by atoms with Gasteiger partial charge in [0.05, 0.1) is 23.8 Å². The molecule has 3 aromatic rings. The van der Waals surface area contributed by atoms with Crippen molar-refractivity contribution in [3.63, 3.8) is 0 Å². The molecule has 1 heterocycles. The van der Waals surface area contributed by atoms with Crippen LogP contribution in [-0.4, -0.2) is 17.9 Å². The average Bonchev–Trinajstić information content (AvgIpc) is 2.53. The fraction of sp³-hybridized carbons (Fsp3) is 0.0588. The zero-order valence-corrected chi connectivity index (χ0v) is 12.1. The second kappa shape index (κ2) is 5.54. The highest BCUT2D eigenvalue weighted by molar-refractivity contribution is 6.34. The van der Waals surface area contributed by atoms with E-state index in [4.69, 9.17) is 16.3 Å². The number of methoxy groups -OCH3 is 1. The summed E-state index contributed by atoms with van der Waals surface area (Å²) >= 11 is 6.17. The van der Waals surface area contributed by atoms with Crippen LogP contribution in [0.5, 0.6) is 5.75 Å². The van der Waals surface area contributed by atoms with Crippen molar-refractivity contribution in [1.29, 1.82) is 0 Å². The summed E-state index contributed by atoms with van der Waals surface area (Å²) in [5.41, 5.74) is 1.61. The summed E-state index contributed by atoms with van der Waals surface area (Å²) in [5.74, 6) is 0.322. The number of carbonyl (C=O) groups excluding carboxylic acids is 1. The summed E-state index contributed by atoms with van der Waals surface area (Å²) < 4.78 is 5.23. The first-order valence-electron chi connectivity index (χ1n) is 6.43. The lowest BCUT2D eigenvalue weighted by molar-refractivity contribution is 0.103. The summed E-state index contributed by atoms with van der Waals surface area (Å²) in [4.78, 5) is 17.0. The minimum atomic E-state index is -0.198. The van der Waals surface area contributed by atoms with E-state index < -0.39 is 0 Å². The number of hydrogen-bond donors (Lipinski definition) is 0. The van der Waals surface area contributed by atoms with Gasteiger partial charge in [-0.1, -0.05) is 41.9 Å². The van der Waals surface area contributed by atoms with Gasteiger partial charge in [-0.15, -0.1) is 0 Å². The first-order valence-corrected chi connectivity index (χ1v) is 6.81. The second-order valence-corrected chi connectivity index (χ2v) is 4.91. The minimum absolute atomic E-state index is 0.198. The number of fused-ring (bicyclic) bond motifs is 1. The van der Waals surface area contributed by atoms with Crippen molar-refractivity contribution in [1.82, 2.24) is 4.98 Å². The van der Waals surface area contributed by atoms with Gasteiger partial charge in [-0.25, -0.2) is 4.98 Å². The fourth-order valence-corrected chi connectivity index (χ4v) is 2.46. The molecular weight excluding hydrogens is 286 g/mol. The lowest BCUT2D eigenvalue weighted by Gasteiger charge is -2.09. The Kier molecular flexibility index (Phi) is 3.59. The number of ether oxygens (including phenoxy) is 1. The number of rotatable bonds is 3. The monoisotopic (exact) mass is 297 g/mol. The van der Waals surface area contributed by atoms with Gasteiger partial charge in [0.15, 0.2) is 5.78 Å². The van der Waals surface area contributed by atoms with Gasteiger partial charge < -0.3 is 4.74 Å². The highest BCUT2D eigenvalue weighted by Gasteiger charge is 2.18. The standard InChI is InChI=1S/C17H12ClNO2/c1-21-15-9-5-3-7-12(15)16(20)13-10-11-6-2-4-8-14(11)19-17(13)18/h2-10H,1H3. The molecule has 0 fully saturated rings. The van der Waals surface area contributed by atoms with Crippen LogP contribution in [0.2, 0.25) is 5.15 Å². The maximum absolute atomic E-state index is 12.7. The summed E-state index contributed by atoms with van der Waals surface area (Å²) in [7, 11) is 1.53. The van der Waals surface area contributed by atoms with Crippen molar-refractivity contribution >= 4 is 28.3 Å². The molecule has 2 aromatic carbocycles. The number of carbonyl (C=O) groups is 1. The van der Waals surface area contributed by atoms with Gasteiger partial charge in [-0.2, -0.15) is 0 Å². The van der Waals surface area contributed by atoms with E-state index in [1.807, 2.05) is 30.3 Å². The molecule has 0 saturated carbocycles. The summed E-state index contributed by atoms with van der Waals surface area (Å²) in [6.07, 6.45) is 0. The number of aromatic nitrogens is 1. The number of nitrogens with zero attached hydrogens (tertiary/aromatic N) is 1. The first-order chi connectivity index (χ1) is 10.2. The van der Waals surface area contributed by atoms with Crippen LogP contribution in [0.25, 0.3) is 10.9 Å². The quantitative estimate of drug-likeness (QED) is 0.539. The highest BCUT2D eigenvalue weighted by Crippen LogP contribution is 2.26. The zero-order valence-electron chi connectivity index (χ0n) is 11.3. The van der Waals surface area contributed by atoms with E-state index in [9.17, 15) is 4.79 Å². The van der Waals surface area contributed by atoms with Crippen LogP contribution in [0, 0.1) is 0 Å². The number of benzene rings is 2. The van der Waals surface area contributed by atoms with Gasteiger partial charge >= 0.3 is 0 Å². The van der Waals surface area contributed by atoms with Crippen molar-refractivity contribution in [2.45, 2.75) is 0 Å². The molecule has 3 rings (SSSR count).